The third-order valence-electron chi connectivity index (χ3n) is 5.52. The molecule has 32 heavy (non-hydrogen) atoms. The van der Waals surface area contributed by atoms with Crippen molar-refractivity contribution in [2.45, 2.75) is 26.2 Å². The molecule has 0 radical (unpaired) electrons. The number of fused-ring (bicyclic) bond motifs is 1. The van der Waals surface area contributed by atoms with Gasteiger partial charge in [0.25, 0.3) is 0 Å². The molecule has 6 nitrogen and oxygen atoms in total. The zero-order chi connectivity index (χ0) is 21.5. The number of rotatable bonds is 8. The highest BCUT2D eigenvalue weighted by Gasteiger charge is 2.07. The minimum atomic E-state index is 0. The number of H-pyrrole nitrogens is 1. The van der Waals surface area contributed by atoms with Crippen molar-refractivity contribution < 1.29 is 0 Å². The molecule has 0 fully saturated rings. The van der Waals surface area contributed by atoms with E-state index < -0.39 is 0 Å². The Balaban J connectivity index is 0.00000289. The molecule has 4 rings (SSSR count). The van der Waals surface area contributed by atoms with Crippen LogP contribution in [0.1, 0.15) is 23.2 Å². The molecule has 2 aromatic heterocycles. The lowest BCUT2D eigenvalue weighted by atomic mass is 10.1. The number of aliphatic imine (C=N–C) groups is 1. The van der Waals surface area contributed by atoms with E-state index in [4.69, 9.17) is 0 Å². The predicted octanol–water partition coefficient (Wildman–Crippen LogP) is 4.62. The van der Waals surface area contributed by atoms with Crippen LogP contribution in [0.15, 0.2) is 72.0 Å². The Morgan fingerprint density at radius 1 is 0.969 bits per heavy atom. The molecule has 0 unspecified atom stereocenters. The third kappa shape index (κ3) is 5.91. The van der Waals surface area contributed by atoms with Gasteiger partial charge < -0.3 is 15.6 Å². The number of para-hydroxylation sites is 2. The van der Waals surface area contributed by atoms with Gasteiger partial charge in [-0.2, -0.15) is 5.10 Å². The molecule has 7 heteroatoms. The summed E-state index contributed by atoms with van der Waals surface area (Å²) in [6.45, 7) is 3.78. The lowest BCUT2D eigenvalue weighted by Crippen LogP contribution is -2.38. The van der Waals surface area contributed by atoms with Crippen molar-refractivity contribution in [3.8, 4) is 5.69 Å². The number of aromatic amines is 1. The normalized spacial score (nSPS) is 11.4. The predicted molar refractivity (Wildman–Crippen MR) is 143 cm³/mol. The van der Waals surface area contributed by atoms with Crippen LogP contribution in [0.25, 0.3) is 16.6 Å². The number of hydrogen-bond acceptors (Lipinski definition) is 2. The average molecular weight is 542 g/mol. The number of aryl methyl sites for hydroxylation is 2. The summed E-state index contributed by atoms with van der Waals surface area (Å²) in [6, 6.07) is 18.6. The van der Waals surface area contributed by atoms with Gasteiger partial charge in [0.2, 0.25) is 0 Å². The van der Waals surface area contributed by atoms with E-state index in [-0.39, 0.29) is 24.0 Å². The Morgan fingerprint density at radius 3 is 2.53 bits per heavy atom. The van der Waals surface area contributed by atoms with Gasteiger partial charge in [0, 0.05) is 43.4 Å². The van der Waals surface area contributed by atoms with Gasteiger partial charge in [-0.15, -0.1) is 24.0 Å². The average Bonchev–Trinajstić information content (AvgIpc) is 3.39. The monoisotopic (exact) mass is 542 g/mol. The molecule has 0 saturated carbocycles. The van der Waals surface area contributed by atoms with E-state index in [9.17, 15) is 0 Å². The molecule has 168 valence electrons. The van der Waals surface area contributed by atoms with Crippen LogP contribution < -0.4 is 10.6 Å². The van der Waals surface area contributed by atoms with E-state index in [1.54, 1.807) is 0 Å². The summed E-state index contributed by atoms with van der Waals surface area (Å²) in [5.74, 6) is 0.844. The Kier molecular flexibility index (Phi) is 8.72. The fraction of sp³-hybridized carbons (Fsp3) is 0.280. The van der Waals surface area contributed by atoms with E-state index >= 15 is 0 Å². The van der Waals surface area contributed by atoms with Crippen molar-refractivity contribution >= 4 is 40.8 Å². The molecule has 0 saturated heterocycles. The van der Waals surface area contributed by atoms with Gasteiger partial charge in [0.1, 0.15) is 0 Å². The van der Waals surface area contributed by atoms with Crippen LogP contribution in [-0.4, -0.2) is 40.9 Å². The quantitative estimate of drug-likeness (QED) is 0.132. The molecule has 0 aliphatic carbocycles. The first-order valence-electron chi connectivity index (χ1n) is 10.8. The highest BCUT2D eigenvalue weighted by Crippen LogP contribution is 2.17. The summed E-state index contributed by atoms with van der Waals surface area (Å²) in [7, 11) is 1.81. The molecule has 2 heterocycles. The van der Waals surface area contributed by atoms with E-state index in [1.165, 1.54) is 22.0 Å². The van der Waals surface area contributed by atoms with E-state index in [1.807, 2.05) is 29.9 Å². The van der Waals surface area contributed by atoms with Gasteiger partial charge in [-0.25, -0.2) is 4.68 Å². The van der Waals surface area contributed by atoms with Crippen molar-refractivity contribution in [3.05, 3.63) is 83.8 Å². The minimum Gasteiger partial charge on any atom is -0.361 e. The highest BCUT2D eigenvalue weighted by atomic mass is 127. The molecular formula is C25H31IN6. The first kappa shape index (κ1) is 23.8. The molecule has 2 aromatic carbocycles. The first-order valence-corrected chi connectivity index (χ1v) is 10.8. The number of hydrogen-bond donors (Lipinski definition) is 3. The number of nitrogens with one attached hydrogen (secondary N) is 3. The van der Waals surface area contributed by atoms with E-state index in [2.05, 4.69) is 81.4 Å². The molecule has 0 spiro atoms. The van der Waals surface area contributed by atoms with Gasteiger partial charge >= 0.3 is 0 Å². The van der Waals surface area contributed by atoms with Crippen LogP contribution in [0.2, 0.25) is 0 Å². The van der Waals surface area contributed by atoms with Crippen LogP contribution in [0.5, 0.6) is 0 Å². The van der Waals surface area contributed by atoms with Crippen LogP contribution in [0.3, 0.4) is 0 Å². The maximum absolute atomic E-state index is 4.65. The molecule has 4 aromatic rings. The maximum Gasteiger partial charge on any atom is 0.190 e. The summed E-state index contributed by atoms with van der Waals surface area (Å²) in [4.78, 5) is 7.68. The second-order valence-corrected chi connectivity index (χ2v) is 7.66. The van der Waals surface area contributed by atoms with Crippen molar-refractivity contribution in [3.63, 3.8) is 0 Å². The second kappa shape index (κ2) is 11.7. The summed E-state index contributed by atoms with van der Waals surface area (Å²) < 4.78 is 1.96. The minimum absolute atomic E-state index is 0. The SMILES string of the molecule is CN=C(NCCCc1cn(-c2ccccc2)nc1C)NCCc1c[nH]c2ccccc12.I. The number of halogens is 1. The zero-order valence-electron chi connectivity index (χ0n) is 18.6. The van der Waals surface area contributed by atoms with Crippen molar-refractivity contribution in [1.29, 1.82) is 0 Å². The summed E-state index contributed by atoms with van der Waals surface area (Å²) in [6.07, 6.45) is 7.18. The van der Waals surface area contributed by atoms with E-state index in [0.717, 1.165) is 49.7 Å². The Bertz CT molecular complexity index is 1150. The van der Waals surface area contributed by atoms with Gasteiger partial charge in [-0.1, -0.05) is 36.4 Å². The summed E-state index contributed by atoms with van der Waals surface area (Å²) in [5.41, 5.74) is 5.98. The van der Waals surface area contributed by atoms with Crippen LogP contribution in [0, 0.1) is 6.92 Å². The lowest BCUT2D eigenvalue weighted by molar-refractivity contribution is 0.738. The molecule has 0 atom stereocenters. The zero-order valence-corrected chi connectivity index (χ0v) is 21.0. The topological polar surface area (TPSA) is 70.0 Å². The molecule has 0 aliphatic rings. The van der Waals surface area contributed by atoms with Crippen LogP contribution in [-0.2, 0) is 12.8 Å². The van der Waals surface area contributed by atoms with Crippen molar-refractivity contribution in [1.82, 2.24) is 25.4 Å². The first-order chi connectivity index (χ1) is 15.2. The molecule has 0 bridgehead atoms. The number of aromatic nitrogens is 3. The molecule has 0 amide bonds. The fourth-order valence-electron chi connectivity index (χ4n) is 3.81. The smallest absolute Gasteiger partial charge is 0.190 e. The van der Waals surface area contributed by atoms with Crippen molar-refractivity contribution in [2.75, 3.05) is 20.1 Å². The van der Waals surface area contributed by atoms with Crippen LogP contribution >= 0.6 is 24.0 Å². The van der Waals surface area contributed by atoms with Crippen LogP contribution in [0.4, 0.5) is 0 Å². The Morgan fingerprint density at radius 2 is 1.72 bits per heavy atom. The Labute approximate surface area is 206 Å². The third-order valence-corrected chi connectivity index (χ3v) is 5.52. The largest absolute Gasteiger partial charge is 0.361 e. The van der Waals surface area contributed by atoms with Gasteiger partial charge in [0.05, 0.1) is 11.4 Å². The second-order valence-electron chi connectivity index (χ2n) is 7.66. The van der Waals surface area contributed by atoms with Gasteiger partial charge in [0.15, 0.2) is 5.96 Å². The number of benzene rings is 2. The lowest BCUT2D eigenvalue weighted by Gasteiger charge is -2.11. The highest BCUT2D eigenvalue weighted by molar-refractivity contribution is 14.0. The van der Waals surface area contributed by atoms with Crippen molar-refractivity contribution in [2.24, 2.45) is 4.99 Å². The standard InChI is InChI=1S/C25H30N6.HI/c1-19-21(18-31(30-19)22-10-4-3-5-11-22)9-8-15-27-25(26-2)28-16-14-20-17-29-24-13-7-6-12-23(20)24;/h3-7,10-13,17-18,29H,8-9,14-16H2,1-2H3,(H2,26,27,28);1H. The van der Waals surface area contributed by atoms with Gasteiger partial charge in [-0.3, -0.25) is 4.99 Å². The van der Waals surface area contributed by atoms with E-state index in [0.29, 0.717) is 0 Å². The summed E-state index contributed by atoms with van der Waals surface area (Å²) >= 11 is 0. The molecule has 3 N–H and O–H groups in total. The molecular weight excluding hydrogens is 511 g/mol. The number of nitrogens with zero attached hydrogens (tertiary/aromatic N) is 3. The fourth-order valence-corrected chi connectivity index (χ4v) is 3.81. The summed E-state index contributed by atoms with van der Waals surface area (Å²) in [5, 5.41) is 12.8. The number of guanidine groups is 1. The maximum atomic E-state index is 4.65. The Hall–Kier alpha value is -2.81. The van der Waals surface area contributed by atoms with Gasteiger partial charge in [-0.05, 0) is 55.5 Å². The molecule has 0 aliphatic heterocycles.